The van der Waals surface area contributed by atoms with Gasteiger partial charge in [0.1, 0.15) is 0 Å². The molecular formula is C10H17N. The fourth-order valence-corrected chi connectivity index (χ4v) is 3.03. The Hall–Kier alpha value is -0.0400. The number of nitrogens with zero attached hydrogens (tertiary/aromatic N) is 1. The molecule has 0 aromatic rings. The average Bonchev–Trinajstić information content (AvgIpc) is 1.98. The summed E-state index contributed by atoms with van der Waals surface area (Å²) in [6.07, 6.45) is 7.64. The van der Waals surface area contributed by atoms with E-state index in [0.717, 1.165) is 17.9 Å². The number of rotatable bonds is 0. The Morgan fingerprint density at radius 2 is 1.64 bits per heavy atom. The Labute approximate surface area is 68.8 Å². The van der Waals surface area contributed by atoms with Crippen molar-refractivity contribution in [3.8, 4) is 0 Å². The van der Waals surface area contributed by atoms with Crippen LogP contribution in [0.2, 0.25) is 0 Å². The van der Waals surface area contributed by atoms with Gasteiger partial charge in [0.25, 0.3) is 0 Å². The Morgan fingerprint density at radius 3 is 2.27 bits per heavy atom. The van der Waals surface area contributed by atoms with Gasteiger partial charge in [-0.1, -0.05) is 0 Å². The second kappa shape index (κ2) is 2.22. The van der Waals surface area contributed by atoms with Crippen molar-refractivity contribution in [3.63, 3.8) is 0 Å². The summed E-state index contributed by atoms with van der Waals surface area (Å²) < 4.78 is 0. The van der Waals surface area contributed by atoms with Crippen LogP contribution in [0.25, 0.3) is 0 Å². The lowest BCUT2D eigenvalue weighted by molar-refractivity contribution is 0.0612. The predicted molar refractivity (Wildman–Crippen MR) is 45.4 cm³/mol. The van der Waals surface area contributed by atoms with E-state index in [-0.39, 0.29) is 0 Å². The molecule has 0 N–H and O–H groups in total. The van der Waals surface area contributed by atoms with Crippen molar-refractivity contribution in [2.75, 3.05) is 13.1 Å². The van der Waals surface area contributed by atoms with E-state index < -0.39 is 0 Å². The van der Waals surface area contributed by atoms with E-state index in [9.17, 15) is 0 Å². The second-order valence-electron chi connectivity index (χ2n) is 4.61. The van der Waals surface area contributed by atoms with E-state index in [1.807, 2.05) is 0 Å². The highest BCUT2D eigenvalue weighted by atomic mass is 15.2. The highest BCUT2D eigenvalue weighted by Crippen LogP contribution is 2.43. The van der Waals surface area contributed by atoms with Gasteiger partial charge in [-0.3, -0.25) is 4.90 Å². The maximum Gasteiger partial charge on any atom is 0.0108 e. The van der Waals surface area contributed by atoms with E-state index in [0.29, 0.717) is 0 Å². The van der Waals surface area contributed by atoms with Crippen molar-refractivity contribution in [1.29, 1.82) is 0 Å². The number of fused-ring (bicyclic) bond motifs is 2. The minimum Gasteiger partial charge on any atom is -0.300 e. The molecule has 0 aromatic carbocycles. The molecule has 1 saturated carbocycles. The van der Waals surface area contributed by atoms with Crippen LogP contribution in [0.1, 0.15) is 32.1 Å². The maximum atomic E-state index is 2.73. The molecule has 3 rings (SSSR count). The third-order valence-corrected chi connectivity index (χ3v) is 4.18. The van der Waals surface area contributed by atoms with Crippen LogP contribution >= 0.6 is 0 Å². The highest BCUT2D eigenvalue weighted by Gasteiger charge is 2.40. The lowest BCUT2D eigenvalue weighted by Gasteiger charge is -2.42. The van der Waals surface area contributed by atoms with Crippen LogP contribution in [0.5, 0.6) is 0 Å². The normalized spacial score (nSPS) is 49.6. The van der Waals surface area contributed by atoms with Crippen LogP contribution in [-0.2, 0) is 0 Å². The summed E-state index contributed by atoms with van der Waals surface area (Å²) in [7, 11) is 0. The van der Waals surface area contributed by atoms with Crippen LogP contribution in [-0.4, -0.2) is 24.0 Å². The minimum absolute atomic E-state index is 1.01. The first-order valence-electron chi connectivity index (χ1n) is 5.17. The smallest absolute Gasteiger partial charge is 0.0108 e. The summed E-state index contributed by atoms with van der Waals surface area (Å²) in [5.74, 6) is 2.25. The van der Waals surface area contributed by atoms with Crippen molar-refractivity contribution in [3.05, 3.63) is 0 Å². The van der Waals surface area contributed by atoms with Gasteiger partial charge in [-0.05, 0) is 50.5 Å². The zero-order valence-electron chi connectivity index (χ0n) is 7.13. The summed E-state index contributed by atoms with van der Waals surface area (Å²) in [6, 6.07) is 1.01. The molecule has 3 atom stereocenters. The maximum absolute atomic E-state index is 2.73. The van der Waals surface area contributed by atoms with Gasteiger partial charge in [0.2, 0.25) is 0 Å². The fraction of sp³-hybridized carbons (Fsp3) is 1.00. The molecule has 0 unspecified atom stereocenters. The van der Waals surface area contributed by atoms with Gasteiger partial charge >= 0.3 is 0 Å². The zero-order chi connectivity index (χ0) is 7.26. The molecule has 2 saturated heterocycles. The summed E-state index contributed by atoms with van der Waals surface area (Å²) >= 11 is 0. The molecule has 2 aliphatic heterocycles. The highest BCUT2D eigenvalue weighted by molar-refractivity contribution is 4.93. The monoisotopic (exact) mass is 151 g/mol. The molecule has 11 heavy (non-hydrogen) atoms. The van der Waals surface area contributed by atoms with Crippen molar-refractivity contribution in [2.24, 2.45) is 11.8 Å². The number of hydrogen-bond donors (Lipinski definition) is 0. The zero-order valence-corrected chi connectivity index (χ0v) is 7.13. The molecule has 3 fully saturated rings. The van der Waals surface area contributed by atoms with Gasteiger partial charge in [0.05, 0.1) is 0 Å². The molecule has 1 aliphatic carbocycles. The van der Waals surface area contributed by atoms with Gasteiger partial charge < -0.3 is 0 Å². The molecule has 0 amide bonds. The van der Waals surface area contributed by atoms with E-state index in [4.69, 9.17) is 0 Å². The molecule has 1 heteroatoms. The van der Waals surface area contributed by atoms with Gasteiger partial charge in [0, 0.05) is 12.6 Å². The van der Waals surface area contributed by atoms with Crippen molar-refractivity contribution >= 4 is 0 Å². The molecule has 1 nitrogen and oxygen atoms in total. The third kappa shape index (κ3) is 0.868. The van der Waals surface area contributed by atoms with Crippen LogP contribution in [0.15, 0.2) is 0 Å². The van der Waals surface area contributed by atoms with E-state index in [1.165, 1.54) is 32.4 Å². The summed E-state index contributed by atoms with van der Waals surface area (Å²) in [5.41, 5.74) is 0. The van der Waals surface area contributed by atoms with Crippen molar-refractivity contribution in [1.82, 2.24) is 4.90 Å². The average molecular weight is 151 g/mol. The summed E-state index contributed by atoms with van der Waals surface area (Å²) in [5, 5.41) is 0. The second-order valence-corrected chi connectivity index (χ2v) is 4.61. The van der Waals surface area contributed by atoms with Crippen LogP contribution in [0, 0.1) is 11.8 Å². The van der Waals surface area contributed by atoms with E-state index in [1.54, 1.807) is 12.8 Å². The lowest BCUT2D eigenvalue weighted by atomic mass is 9.72. The van der Waals surface area contributed by atoms with Crippen molar-refractivity contribution in [2.45, 2.75) is 38.1 Å². The molecule has 0 spiro atoms. The number of hydrogen-bond acceptors (Lipinski definition) is 1. The first-order valence-corrected chi connectivity index (χ1v) is 5.17. The molecule has 0 aromatic heterocycles. The van der Waals surface area contributed by atoms with Crippen LogP contribution < -0.4 is 0 Å². The first kappa shape index (κ1) is 6.47. The molecule has 2 heterocycles. The van der Waals surface area contributed by atoms with Crippen LogP contribution in [0.4, 0.5) is 0 Å². The SMILES string of the molecule is C1C[C@@H]2CN3CC[C@H]3CC[C@H]12. The van der Waals surface area contributed by atoms with Gasteiger partial charge in [-0.2, -0.15) is 0 Å². The largest absolute Gasteiger partial charge is 0.300 e. The Balaban J connectivity index is 1.72. The molecule has 62 valence electrons. The molecular weight excluding hydrogens is 134 g/mol. The van der Waals surface area contributed by atoms with E-state index in [2.05, 4.69) is 4.90 Å². The quantitative estimate of drug-likeness (QED) is 0.511. The first-order chi connectivity index (χ1) is 5.43. The Kier molecular flexibility index (Phi) is 1.31. The third-order valence-electron chi connectivity index (χ3n) is 4.18. The summed E-state index contributed by atoms with van der Waals surface area (Å²) in [6.45, 7) is 2.86. The lowest BCUT2D eigenvalue weighted by Crippen LogP contribution is -2.48. The predicted octanol–water partition coefficient (Wildman–Crippen LogP) is 1.88. The van der Waals surface area contributed by atoms with Gasteiger partial charge in [-0.15, -0.1) is 0 Å². The van der Waals surface area contributed by atoms with Crippen molar-refractivity contribution < 1.29 is 0 Å². The van der Waals surface area contributed by atoms with Gasteiger partial charge in [-0.25, -0.2) is 0 Å². The summed E-state index contributed by atoms with van der Waals surface area (Å²) in [4.78, 5) is 2.73. The fourth-order valence-electron chi connectivity index (χ4n) is 3.03. The molecule has 3 aliphatic rings. The topological polar surface area (TPSA) is 3.24 Å². The standard InChI is InChI=1S/C10H17N/c1-2-9-7-11-6-5-10(11)4-3-8(1)9/h8-10H,1-7H2/t8-,9+,10+/m0/s1. The van der Waals surface area contributed by atoms with Crippen LogP contribution in [0.3, 0.4) is 0 Å². The van der Waals surface area contributed by atoms with E-state index >= 15 is 0 Å². The Bertz CT molecular complexity index is 148. The Morgan fingerprint density at radius 1 is 0.818 bits per heavy atom. The van der Waals surface area contributed by atoms with Gasteiger partial charge in [0.15, 0.2) is 0 Å². The molecule has 0 radical (unpaired) electrons. The molecule has 0 bridgehead atoms. The minimum atomic E-state index is 1.01.